The molecule has 0 radical (unpaired) electrons. The first-order valence-corrected chi connectivity index (χ1v) is 7.36. The second kappa shape index (κ2) is 6.14. The van der Waals surface area contributed by atoms with Crippen molar-refractivity contribution in [2.24, 2.45) is 5.14 Å². The van der Waals surface area contributed by atoms with Gasteiger partial charge < -0.3 is 0 Å². The Labute approximate surface area is 103 Å². The Morgan fingerprint density at radius 1 is 1.24 bits per heavy atom. The van der Waals surface area contributed by atoms with Gasteiger partial charge in [-0.1, -0.05) is 32.0 Å². The zero-order valence-corrected chi connectivity index (χ0v) is 11.2. The van der Waals surface area contributed by atoms with Crippen LogP contribution in [-0.2, 0) is 16.6 Å². The fourth-order valence-corrected chi connectivity index (χ4v) is 2.58. The van der Waals surface area contributed by atoms with Crippen molar-refractivity contribution in [1.29, 1.82) is 0 Å². The molecule has 0 unspecified atom stereocenters. The molecule has 0 fully saturated rings. The number of nitrogens with two attached hydrogens (primary N) is 1. The van der Waals surface area contributed by atoms with Gasteiger partial charge in [-0.3, -0.25) is 4.90 Å². The number of rotatable bonds is 6. The highest BCUT2D eigenvalue weighted by atomic mass is 32.2. The summed E-state index contributed by atoms with van der Waals surface area (Å²) in [6.07, 6.45) is 1.05. The van der Waals surface area contributed by atoms with Crippen LogP contribution < -0.4 is 5.14 Å². The molecule has 1 aromatic rings. The summed E-state index contributed by atoms with van der Waals surface area (Å²) >= 11 is 0. The molecule has 0 aliphatic heterocycles. The Bertz CT molecular complexity index is 457. The summed E-state index contributed by atoms with van der Waals surface area (Å²) in [4.78, 5) is 2.43. The molecule has 2 N–H and O–H groups in total. The molecule has 0 heterocycles. The molecule has 0 atom stereocenters. The van der Waals surface area contributed by atoms with E-state index in [0.29, 0.717) is 6.54 Å². The lowest BCUT2D eigenvalue weighted by Crippen LogP contribution is -2.25. The van der Waals surface area contributed by atoms with Gasteiger partial charge in [0.25, 0.3) is 0 Å². The first-order valence-electron chi connectivity index (χ1n) is 5.82. The van der Waals surface area contributed by atoms with Crippen molar-refractivity contribution in [3.63, 3.8) is 0 Å². The summed E-state index contributed by atoms with van der Waals surface area (Å²) < 4.78 is 22.9. The van der Waals surface area contributed by atoms with Crippen LogP contribution in [0.15, 0.2) is 29.2 Å². The van der Waals surface area contributed by atoms with Crippen molar-refractivity contribution >= 4 is 10.0 Å². The van der Waals surface area contributed by atoms with E-state index in [1.54, 1.807) is 12.1 Å². The standard InChI is InChI=1S/C12H20N2O2S/c1-3-9-14(4-2)10-11-7-5-6-8-12(11)17(13,15)16/h5-8H,3-4,9-10H2,1-2H3,(H2,13,15,16). The lowest BCUT2D eigenvalue weighted by molar-refractivity contribution is 0.278. The van der Waals surface area contributed by atoms with E-state index in [4.69, 9.17) is 5.14 Å². The Morgan fingerprint density at radius 2 is 1.88 bits per heavy atom. The van der Waals surface area contributed by atoms with Crippen LogP contribution in [0.5, 0.6) is 0 Å². The third-order valence-corrected chi connectivity index (χ3v) is 3.67. The second-order valence-corrected chi connectivity index (χ2v) is 5.55. The van der Waals surface area contributed by atoms with E-state index >= 15 is 0 Å². The van der Waals surface area contributed by atoms with E-state index in [2.05, 4.69) is 18.7 Å². The van der Waals surface area contributed by atoms with Gasteiger partial charge in [-0.25, -0.2) is 13.6 Å². The normalized spacial score (nSPS) is 12.0. The van der Waals surface area contributed by atoms with Crippen LogP contribution in [0.3, 0.4) is 0 Å². The van der Waals surface area contributed by atoms with E-state index in [1.165, 1.54) is 0 Å². The minimum Gasteiger partial charge on any atom is -0.299 e. The fraction of sp³-hybridized carbons (Fsp3) is 0.500. The first kappa shape index (κ1) is 14.2. The van der Waals surface area contributed by atoms with Crippen LogP contribution in [0.1, 0.15) is 25.8 Å². The zero-order chi connectivity index (χ0) is 12.9. The quantitative estimate of drug-likeness (QED) is 0.840. The van der Waals surface area contributed by atoms with Crippen LogP contribution in [-0.4, -0.2) is 26.4 Å². The summed E-state index contributed by atoms with van der Waals surface area (Å²) in [5, 5.41) is 5.20. The molecule has 0 aromatic heterocycles. The molecule has 0 amide bonds. The molecule has 1 aromatic carbocycles. The van der Waals surface area contributed by atoms with Crippen LogP contribution in [0.4, 0.5) is 0 Å². The van der Waals surface area contributed by atoms with Crippen molar-refractivity contribution in [1.82, 2.24) is 4.90 Å². The summed E-state index contributed by atoms with van der Waals surface area (Å²) in [6, 6.07) is 6.91. The lowest BCUT2D eigenvalue weighted by atomic mass is 10.2. The predicted octanol–water partition coefficient (Wildman–Crippen LogP) is 1.57. The van der Waals surface area contributed by atoms with Gasteiger partial charge in [-0.15, -0.1) is 0 Å². The Kier molecular flexibility index (Phi) is 5.11. The van der Waals surface area contributed by atoms with Crippen molar-refractivity contribution in [2.45, 2.75) is 31.7 Å². The molecule has 4 nitrogen and oxygen atoms in total. The van der Waals surface area contributed by atoms with Crippen molar-refractivity contribution in [2.75, 3.05) is 13.1 Å². The van der Waals surface area contributed by atoms with E-state index < -0.39 is 10.0 Å². The highest BCUT2D eigenvalue weighted by Gasteiger charge is 2.14. The molecule has 1 rings (SSSR count). The lowest BCUT2D eigenvalue weighted by Gasteiger charge is -2.20. The molecule has 96 valence electrons. The van der Waals surface area contributed by atoms with Gasteiger partial charge in [0.1, 0.15) is 0 Å². The maximum absolute atomic E-state index is 11.4. The average molecular weight is 256 g/mol. The summed E-state index contributed by atoms with van der Waals surface area (Å²) in [6.45, 7) is 6.64. The average Bonchev–Trinajstić information content (AvgIpc) is 2.27. The van der Waals surface area contributed by atoms with Crippen LogP contribution in [0.2, 0.25) is 0 Å². The molecule has 0 bridgehead atoms. The summed E-state index contributed by atoms with van der Waals surface area (Å²) in [5.41, 5.74) is 0.769. The van der Waals surface area contributed by atoms with Gasteiger partial charge in [0.05, 0.1) is 4.90 Å². The summed E-state index contributed by atoms with van der Waals surface area (Å²) in [5.74, 6) is 0. The van der Waals surface area contributed by atoms with Crippen LogP contribution in [0.25, 0.3) is 0 Å². The molecular weight excluding hydrogens is 236 g/mol. The van der Waals surface area contributed by atoms with E-state index in [1.807, 2.05) is 12.1 Å². The Balaban J connectivity index is 2.98. The smallest absolute Gasteiger partial charge is 0.238 e. The molecule has 0 aliphatic rings. The van der Waals surface area contributed by atoms with Crippen LogP contribution in [0, 0.1) is 0 Å². The number of hydrogen-bond donors (Lipinski definition) is 1. The maximum atomic E-state index is 11.4. The molecular formula is C12H20N2O2S. The van der Waals surface area contributed by atoms with Gasteiger partial charge in [-0.05, 0) is 31.1 Å². The Morgan fingerprint density at radius 3 is 2.41 bits per heavy atom. The van der Waals surface area contributed by atoms with Gasteiger partial charge in [0, 0.05) is 6.54 Å². The zero-order valence-electron chi connectivity index (χ0n) is 10.4. The number of nitrogens with zero attached hydrogens (tertiary/aromatic N) is 1. The number of hydrogen-bond acceptors (Lipinski definition) is 3. The highest BCUT2D eigenvalue weighted by molar-refractivity contribution is 7.89. The molecule has 0 saturated heterocycles. The topological polar surface area (TPSA) is 63.4 Å². The fourth-order valence-electron chi connectivity index (χ4n) is 1.82. The maximum Gasteiger partial charge on any atom is 0.238 e. The van der Waals surface area contributed by atoms with E-state index in [0.717, 1.165) is 25.1 Å². The SMILES string of the molecule is CCCN(CC)Cc1ccccc1S(N)(=O)=O. The largest absolute Gasteiger partial charge is 0.299 e. The third kappa shape index (κ3) is 4.11. The molecule has 0 spiro atoms. The Hall–Kier alpha value is -0.910. The number of sulfonamides is 1. The molecule has 17 heavy (non-hydrogen) atoms. The van der Waals surface area contributed by atoms with Gasteiger partial charge in [-0.2, -0.15) is 0 Å². The second-order valence-electron chi connectivity index (χ2n) is 4.02. The van der Waals surface area contributed by atoms with Gasteiger partial charge >= 0.3 is 0 Å². The monoisotopic (exact) mass is 256 g/mol. The van der Waals surface area contributed by atoms with E-state index in [-0.39, 0.29) is 4.90 Å². The number of benzene rings is 1. The molecule has 0 saturated carbocycles. The minimum atomic E-state index is -3.63. The van der Waals surface area contributed by atoms with Gasteiger partial charge in [0.15, 0.2) is 0 Å². The van der Waals surface area contributed by atoms with Crippen LogP contribution >= 0.6 is 0 Å². The summed E-state index contributed by atoms with van der Waals surface area (Å²) in [7, 11) is -3.63. The van der Waals surface area contributed by atoms with Crippen molar-refractivity contribution < 1.29 is 8.42 Å². The van der Waals surface area contributed by atoms with Crippen molar-refractivity contribution in [3.8, 4) is 0 Å². The van der Waals surface area contributed by atoms with Crippen molar-refractivity contribution in [3.05, 3.63) is 29.8 Å². The third-order valence-electron chi connectivity index (χ3n) is 2.66. The number of primary sulfonamides is 1. The minimum absolute atomic E-state index is 0.231. The van der Waals surface area contributed by atoms with E-state index in [9.17, 15) is 8.42 Å². The highest BCUT2D eigenvalue weighted by Crippen LogP contribution is 2.15. The predicted molar refractivity (Wildman–Crippen MR) is 69.1 cm³/mol. The van der Waals surface area contributed by atoms with Gasteiger partial charge in [0.2, 0.25) is 10.0 Å². The molecule has 0 aliphatic carbocycles. The first-order chi connectivity index (χ1) is 7.99. The molecule has 5 heteroatoms.